The Labute approximate surface area is 120 Å². The van der Waals surface area contributed by atoms with Crippen LogP contribution in [0, 0.1) is 0 Å². The van der Waals surface area contributed by atoms with Crippen molar-refractivity contribution in [2.24, 2.45) is 0 Å². The van der Waals surface area contributed by atoms with Gasteiger partial charge in [-0.2, -0.15) is 0 Å². The van der Waals surface area contributed by atoms with Gasteiger partial charge in [0, 0.05) is 31.1 Å². The molecule has 1 amide bonds. The second-order valence-corrected chi connectivity index (χ2v) is 5.71. The lowest BCUT2D eigenvalue weighted by Crippen LogP contribution is -2.57. The van der Waals surface area contributed by atoms with E-state index in [1.807, 2.05) is 22.4 Å². The Morgan fingerprint density at radius 2 is 2.30 bits per heavy atom. The van der Waals surface area contributed by atoms with E-state index in [0.29, 0.717) is 19.6 Å². The summed E-state index contributed by atoms with van der Waals surface area (Å²) in [4.78, 5) is 27.6. The molecule has 0 aromatic carbocycles. The number of carbonyl (C=O) groups excluding carboxylic acids is 1. The van der Waals surface area contributed by atoms with Gasteiger partial charge in [-0.25, -0.2) is 4.39 Å². The predicted molar refractivity (Wildman–Crippen MR) is 73.3 cm³/mol. The van der Waals surface area contributed by atoms with Gasteiger partial charge in [0.1, 0.15) is 12.7 Å². The van der Waals surface area contributed by atoms with Crippen LogP contribution in [0.5, 0.6) is 0 Å². The van der Waals surface area contributed by atoms with E-state index in [4.69, 9.17) is 5.11 Å². The number of carboxylic acids is 1. The van der Waals surface area contributed by atoms with Gasteiger partial charge in [-0.1, -0.05) is 6.07 Å². The zero-order valence-corrected chi connectivity index (χ0v) is 11.8. The molecule has 1 saturated heterocycles. The molecular weight excluding hydrogens is 283 g/mol. The third-order valence-electron chi connectivity index (χ3n) is 3.36. The monoisotopic (exact) mass is 300 g/mol. The third kappa shape index (κ3) is 3.55. The lowest BCUT2D eigenvalue weighted by molar-refractivity contribution is -0.149. The smallest absolute Gasteiger partial charge is 0.305 e. The van der Waals surface area contributed by atoms with Crippen molar-refractivity contribution in [1.29, 1.82) is 0 Å². The average molecular weight is 300 g/mol. The lowest BCUT2D eigenvalue weighted by Gasteiger charge is -2.39. The number of rotatable bonds is 6. The van der Waals surface area contributed by atoms with Crippen LogP contribution in [0.2, 0.25) is 0 Å². The fraction of sp³-hybridized carbons (Fsp3) is 0.538. The summed E-state index contributed by atoms with van der Waals surface area (Å²) >= 11 is 1.58. The minimum Gasteiger partial charge on any atom is -0.481 e. The summed E-state index contributed by atoms with van der Waals surface area (Å²) in [5, 5.41) is 10.9. The highest BCUT2D eigenvalue weighted by Gasteiger charge is 2.35. The van der Waals surface area contributed by atoms with Crippen LogP contribution < -0.4 is 0 Å². The van der Waals surface area contributed by atoms with Crippen molar-refractivity contribution in [1.82, 2.24) is 9.80 Å². The van der Waals surface area contributed by atoms with Crippen LogP contribution in [0.1, 0.15) is 11.3 Å². The Morgan fingerprint density at radius 1 is 1.50 bits per heavy atom. The van der Waals surface area contributed by atoms with E-state index in [-0.39, 0.29) is 18.9 Å². The number of halogens is 1. The molecular formula is C13H17FN2O3S. The van der Waals surface area contributed by atoms with Crippen molar-refractivity contribution in [3.63, 3.8) is 0 Å². The van der Waals surface area contributed by atoms with E-state index < -0.39 is 18.7 Å². The van der Waals surface area contributed by atoms with Gasteiger partial charge in [0.2, 0.25) is 5.91 Å². The van der Waals surface area contributed by atoms with Gasteiger partial charge in [0.25, 0.3) is 0 Å². The van der Waals surface area contributed by atoms with Crippen molar-refractivity contribution < 1.29 is 19.1 Å². The normalized spacial score (nSPS) is 20.4. The number of carboxylic acid groups (broad SMARTS) is 1. The van der Waals surface area contributed by atoms with Gasteiger partial charge in [-0.05, 0) is 11.4 Å². The number of thiophene rings is 1. The molecule has 1 aromatic heterocycles. The molecule has 20 heavy (non-hydrogen) atoms. The van der Waals surface area contributed by atoms with Crippen LogP contribution in [-0.2, 0) is 16.1 Å². The molecule has 1 unspecified atom stereocenters. The zero-order chi connectivity index (χ0) is 14.5. The van der Waals surface area contributed by atoms with Crippen molar-refractivity contribution in [2.45, 2.75) is 19.0 Å². The molecule has 0 bridgehead atoms. The molecule has 5 nitrogen and oxygen atoms in total. The first kappa shape index (κ1) is 14.9. The average Bonchev–Trinajstić information content (AvgIpc) is 2.90. The Hall–Kier alpha value is -1.47. The molecule has 0 aliphatic carbocycles. The van der Waals surface area contributed by atoms with Crippen molar-refractivity contribution in [3.05, 3.63) is 22.4 Å². The van der Waals surface area contributed by atoms with Gasteiger partial charge in [0.15, 0.2) is 0 Å². The molecule has 0 radical (unpaired) electrons. The fourth-order valence-electron chi connectivity index (χ4n) is 2.38. The number of aliphatic carboxylic acids is 1. The van der Waals surface area contributed by atoms with E-state index in [9.17, 15) is 14.0 Å². The van der Waals surface area contributed by atoms with Gasteiger partial charge in [-0.3, -0.25) is 14.5 Å². The maximum absolute atomic E-state index is 12.4. The van der Waals surface area contributed by atoms with Crippen LogP contribution in [0.25, 0.3) is 0 Å². The first-order valence-corrected chi connectivity index (χ1v) is 7.32. The molecule has 0 saturated carbocycles. The molecule has 110 valence electrons. The molecule has 2 rings (SSSR count). The van der Waals surface area contributed by atoms with Gasteiger partial charge in [-0.15, -0.1) is 11.3 Å². The van der Waals surface area contributed by atoms with Crippen LogP contribution in [0.4, 0.5) is 4.39 Å². The van der Waals surface area contributed by atoms with Crippen molar-refractivity contribution in [2.75, 3.05) is 26.3 Å². The number of carbonyl (C=O) groups is 2. The van der Waals surface area contributed by atoms with Crippen molar-refractivity contribution >= 4 is 23.2 Å². The first-order valence-electron chi connectivity index (χ1n) is 6.45. The van der Waals surface area contributed by atoms with E-state index in [2.05, 4.69) is 0 Å². The van der Waals surface area contributed by atoms with Crippen LogP contribution in [0.3, 0.4) is 0 Å². The summed E-state index contributed by atoms with van der Waals surface area (Å²) in [5.41, 5.74) is 0. The molecule has 0 spiro atoms. The first-order chi connectivity index (χ1) is 9.61. The van der Waals surface area contributed by atoms with Crippen LogP contribution in [0.15, 0.2) is 17.5 Å². The number of amides is 1. The highest BCUT2D eigenvalue weighted by Crippen LogP contribution is 2.20. The summed E-state index contributed by atoms with van der Waals surface area (Å²) in [7, 11) is 0. The largest absolute Gasteiger partial charge is 0.481 e. The highest BCUT2D eigenvalue weighted by molar-refractivity contribution is 7.09. The predicted octanol–water partition coefficient (Wildman–Crippen LogP) is 1.21. The topological polar surface area (TPSA) is 60.9 Å². The molecule has 1 aliphatic heterocycles. The molecule has 1 atom stereocenters. The molecule has 1 aromatic rings. The highest BCUT2D eigenvalue weighted by atomic mass is 32.1. The zero-order valence-electron chi connectivity index (χ0n) is 11.0. The molecule has 1 fully saturated rings. The third-order valence-corrected chi connectivity index (χ3v) is 4.22. The summed E-state index contributed by atoms with van der Waals surface area (Å²) in [6.07, 6.45) is -0.243. The van der Waals surface area contributed by atoms with Crippen LogP contribution in [-0.4, -0.2) is 59.1 Å². The fourth-order valence-corrected chi connectivity index (χ4v) is 3.11. The minimum atomic E-state index is -1.01. The van der Waals surface area contributed by atoms with Crippen LogP contribution >= 0.6 is 11.3 Å². The van der Waals surface area contributed by atoms with Gasteiger partial charge >= 0.3 is 5.97 Å². The maximum Gasteiger partial charge on any atom is 0.305 e. The Morgan fingerprint density at radius 3 is 2.90 bits per heavy atom. The second kappa shape index (κ2) is 6.81. The molecule has 2 heterocycles. The molecule has 1 N–H and O–H groups in total. The standard InChI is InChI=1S/C13H17FN2O3S/c14-3-4-15-5-6-16(9-10-2-1-7-20-10)11(13(15)19)8-12(17)18/h1-2,7,11H,3-6,8-9H2,(H,17,18). The Balaban J connectivity index is 2.09. The Bertz CT molecular complexity index is 466. The van der Waals surface area contributed by atoms with Crippen molar-refractivity contribution in [3.8, 4) is 0 Å². The second-order valence-electron chi connectivity index (χ2n) is 4.68. The van der Waals surface area contributed by atoms with E-state index in [1.54, 1.807) is 11.3 Å². The summed E-state index contributed by atoms with van der Waals surface area (Å²) in [6.45, 7) is 1.02. The summed E-state index contributed by atoms with van der Waals surface area (Å²) in [6, 6.07) is 3.18. The number of hydrogen-bond donors (Lipinski definition) is 1. The van der Waals surface area contributed by atoms with E-state index >= 15 is 0 Å². The summed E-state index contributed by atoms with van der Waals surface area (Å²) < 4.78 is 12.4. The van der Waals surface area contributed by atoms with Gasteiger partial charge < -0.3 is 10.0 Å². The lowest BCUT2D eigenvalue weighted by atomic mass is 10.1. The quantitative estimate of drug-likeness (QED) is 0.858. The Kier molecular flexibility index (Phi) is 5.08. The minimum absolute atomic E-state index is 0.0434. The maximum atomic E-state index is 12.4. The van der Waals surface area contributed by atoms with E-state index in [1.165, 1.54) is 4.90 Å². The number of hydrogen-bond acceptors (Lipinski definition) is 4. The molecule has 7 heteroatoms. The van der Waals surface area contributed by atoms with E-state index in [0.717, 1.165) is 4.88 Å². The number of alkyl halides is 1. The SMILES string of the molecule is O=C(O)CC1C(=O)N(CCF)CCN1Cc1cccs1. The molecule has 1 aliphatic rings. The van der Waals surface area contributed by atoms with Gasteiger partial charge in [0.05, 0.1) is 6.42 Å². The number of nitrogens with zero attached hydrogens (tertiary/aromatic N) is 2. The summed E-state index contributed by atoms with van der Waals surface area (Å²) in [5.74, 6) is -1.30. The number of piperazine rings is 1.